The Balaban J connectivity index is 1.56. The first kappa shape index (κ1) is 22.5. The number of hydrogen-bond donors (Lipinski definition) is 0. The third kappa shape index (κ3) is 4.15. The van der Waals surface area contributed by atoms with Crippen molar-refractivity contribution in [1.29, 1.82) is 0 Å². The smallest absolute Gasteiger partial charge is 0.399 e. The van der Waals surface area contributed by atoms with Crippen molar-refractivity contribution in [2.75, 3.05) is 4.90 Å². The number of nitrogens with zero attached hydrogens (tertiary/aromatic N) is 1. The van der Waals surface area contributed by atoms with Crippen LogP contribution in [0.2, 0.25) is 0 Å². The van der Waals surface area contributed by atoms with E-state index in [0.717, 1.165) is 22.5 Å². The number of para-hydroxylation sites is 2. The Hall–Kier alpha value is -3.34. The van der Waals surface area contributed by atoms with Gasteiger partial charge in [-0.25, -0.2) is 0 Å². The molecule has 0 spiro atoms. The third-order valence-electron chi connectivity index (χ3n) is 6.92. The zero-order chi connectivity index (χ0) is 23.8. The largest absolute Gasteiger partial charge is 0.494 e. The van der Waals surface area contributed by atoms with E-state index in [1.54, 1.807) is 0 Å². The monoisotopic (exact) mass is 447 g/mol. The summed E-state index contributed by atoms with van der Waals surface area (Å²) in [7, 11) is -0.374. The Labute approximate surface area is 203 Å². The molecule has 1 aliphatic rings. The summed E-state index contributed by atoms with van der Waals surface area (Å²) in [5.74, 6) is 0. The fourth-order valence-corrected chi connectivity index (χ4v) is 4.29. The SMILES string of the molecule is CC1(C)OB(c2ccc(N(c3ccccc3)c3ccccc3-c3ccccc3)cc2)OC1(C)C. The fourth-order valence-electron chi connectivity index (χ4n) is 4.29. The molecule has 1 saturated heterocycles. The molecule has 0 amide bonds. The molecule has 3 nitrogen and oxygen atoms in total. The van der Waals surface area contributed by atoms with Crippen LogP contribution in [0.4, 0.5) is 17.1 Å². The van der Waals surface area contributed by atoms with E-state index in [-0.39, 0.29) is 18.3 Å². The lowest BCUT2D eigenvalue weighted by Crippen LogP contribution is -2.41. The molecule has 0 atom stereocenters. The van der Waals surface area contributed by atoms with Crippen molar-refractivity contribution in [3.8, 4) is 11.1 Å². The first-order valence-corrected chi connectivity index (χ1v) is 11.8. The second-order valence-electron chi connectivity index (χ2n) is 9.73. The molecule has 0 aromatic heterocycles. The Bertz CT molecular complexity index is 1240. The second-order valence-corrected chi connectivity index (χ2v) is 9.73. The van der Waals surface area contributed by atoms with Crippen LogP contribution in [0.5, 0.6) is 0 Å². The van der Waals surface area contributed by atoms with E-state index >= 15 is 0 Å². The molecule has 0 saturated carbocycles. The molecule has 1 aliphatic heterocycles. The molecule has 170 valence electrons. The molecule has 4 aromatic carbocycles. The van der Waals surface area contributed by atoms with Crippen molar-refractivity contribution < 1.29 is 9.31 Å². The van der Waals surface area contributed by atoms with E-state index in [0.29, 0.717) is 0 Å². The average Bonchev–Trinajstić information content (AvgIpc) is 3.08. The highest BCUT2D eigenvalue weighted by molar-refractivity contribution is 6.62. The van der Waals surface area contributed by atoms with Gasteiger partial charge >= 0.3 is 7.12 Å². The van der Waals surface area contributed by atoms with E-state index in [2.05, 4.69) is 136 Å². The summed E-state index contributed by atoms with van der Waals surface area (Å²) in [4.78, 5) is 2.30. The molecule has 1 fully saturated rings. The van der Waals surface area contributed by atoms with E-state index < -0.39 is 0 Å². The van der Waals surface area contributed by atoms with Gasteiger partial charge in [0.15, 0.2) is 0 Å². The summed E-state index contributed by atoms with van der Waals surface area (Å²) in [6, 6.07) is 38.1. The van der Waals surface area contributed by atoms with Crippen LogP contribution in [-0.4, -0.2) is 18.3 Å². The normalized spacial score (nSPS) is 16.4. The minimum atomic E-state index is -0.374. The van der Waals surface area contributed by atoms with Crippen LogP contribution in [0.3, 0.4) is 0 Å². The lowest BCUT2D eigenvalue weighted by molar-refractivity contribution is 0.00578. The molecule has 5 rings (SSSR count). The van der Waals surface area contributed by atoms with Gasteiger partial charge in [-0.15, -0.1) is 0 Å². The Morgan fingerprint density at radius 2 is 1.06 bits per heavy atom. The molecular formula is C30H30BNO2. The van der Waals surface area contributed by atoms with Crippen LogP contribution >= 0.6 is 0 Å². The van der Waals surface area contributed by atoms with Gasteiger partial charge in [0.2, 0.25) is 0 Å². The maximum absolute atomic E-state index is 6.26. The van der Waals surface area contributed by atoms with Gasteiger partial charge in [-0.05, 0) is 69.1 Å². The van der Waals surface area contributed by atoms with Gasteiger partial charge in [0, 0.05) is 16.9 Å². The molecule has 0 unspecified atom stereocenters. The van der Waals surface area contributed by atoms with Gasteiger partial charge in [-0.2, -0.15) is 0 Å². The fraction of sp³-hybridized carbons (Fsp3) is 0.200. The molecule has 0 aliphatic carbocycles. The molecule has 4 aromatic rings. The van der Waals surface area contributed by atoms with Gasteiger partial charge in [0.25, 0.3) is 0 Å². The molecule has 0 radical (unpaired) electrons. The minimum Gasteiger partial charge on any atom is -0.399 e. The summed E-state index contributed by atoms with van der Waals surface area (Å²) in [5.41, 5.74) is 5.98. The molecule has 1 heterocycles. The van der Waals surface area contributed by atoms with Crippen molar-refractivity contribution in [3.63, 3.8) is 0 Å². The van der Waals surface area contributed by atoms with E-state index in [4.69, 9.17) is 9.31 Å². The maximum Gasteiger partial charge on any atom is 0.494 e. The highest BCUT2D eigenvalue weighted by Crippen LogP contribution is 2.41. The average molecular weight is 447 g/mol. The number of rotatable bonds is 5. The lowest BCUT2D eigenvalue weighted by Gasteiger charge is -2.32. The summed E-state index contributed by atoms with van der Waals surface area (Å²) < 4.78 is 12.5. The van der Waals surface area contributed by atoms with Gasteiger partial charge in [-0.3, -0.25) is 0 Å². The Morgan fingerprint density at radius 3 is 1.68 bits per heavy atom. The predicted octanol–water partition coefficient (Wildman–Crippen LogP) is 7.12. The quantitative estimate of drug-likeness (QED) is 0.304. The van der Waals surface area contributed by atoms with Crippen LogP contribution in [0.1, 0.15) is 27.7 Å². The number of anilines is 3. The number of benzene rings is 4. The van der Waals surface area contributed by atoms with Gasteiger partial charge in [0.1, 0.15) is 0 Å². The van der Waals surface area contributed by atoms with Crippen LogP contribution in [-0.2, 0) is 9.31 Å². The third-order valence-corrected chi connectivity index (χ3v) is 6.92. The summed E-state index contributed by atoms with van der Waals surface area (Å²) in [5, 5.41) is 0. The predicted molar refractivity (Wildman–Crippen MR) is 142 cm³/mol. The Kier molecular flexibility index (Phi) is 5.80. The maximum atomic E-state index is 6.26. The van der Waals surface area contributed by atoms with Crippen LogP contribution in [0.25, 0.3) is 11.1 Å². The van der Waals surface area contributed by atoms with Gasteiger partial charge in [-0.1, -0.05) is 78.9 Å². The highest BCUT2D eigenvalue weighted by Gasteiger charge is 2.51. The molecule has 4 heteroatoms. The zero-order valence-electron chi connectivity index (χ0n) is 20.2. The van der Waals surface area contributed by atoms with Crippen molar-refractivity contribution in [1.82, 2.24) is 0 Å². The lowest BCUT2D eigenvalue weighted by atomic mass is 9.79. The summed E-state index contributed by atoms with van der Waals surface area (Å²) in [6.45, 7) is 8.33. The van der Waals surface area contributed by atoms with Crippen molar-refractivity contribution in [2.24, 2.45) is 0 Å². The first-order chi connectivity index (χ1) is 16.4. The van der Waals surface area contributed by atoms with Crippen LogP contribution in [0.15, 0.2) is 109 Å². The summed E-state index contributed by atoms with van der Waals surface area (Å²) >= 11 is 0. The van der Waals surface area contributed by atoms with Crippen molar-refractivity contribution in [2.45, 2.75) is 38.9 Å². The molecule has 0 N–H and O–H groups in total. The first-order valence-electron chi connectivity index (χ1n) is 11.8. The molecule has 0 bridgehead atoms. The van der Waals surface area contributed by atoms with Crippen LogP contribution < -0.4 is 10.4 Å². The van der Waals surface area contributed by atoms with Gasteiger partial charge < -0.3 is 14.2 Å². The van der Waals surface area contributed by atoms with E-state index in [9.17, 15) is 0 Å². The standard InChI is InChI=1S/C30H30BNO2/c1-29(2)30(3,4)34-31(33-29)24-19-21-26(22-20-24)32(25-15-9-6-10-16-25)28-18-12-11-17-27(28)23-13-7-5-8-14-23/h5-22H,1-4H3. The second kappa shape index (κ2) is 8.79. The van der Waals surface area contributed by atoms with E-state index in [1.807, 2.05) is 6.07 Å². The van der Waals surface area contributed by atoms with Crippen LogP contribution in [0, 0.1) is 0 Å². The zero-order valence-corrected chi connectivity index (χ0v) is 20.2. The van der Waals surface area contributed by atoms with Gasteiger partial charge in [0.05, 0.1) is 16.9 Å². The van der Waals surface area contributed by atoms with Crippen molar-refractivity contribution in [3.05, 3.63) is 109 Å². The topological polar surface area (TPSA) is 21.7 Å². The minimum absolute atomic E-state index is 0.360. The highest BCUT2D eigenvalue weighted by atomic mass is 16.7. The molecule has 34 heavy (non-hydrogen) atoms. The number of hydrogen-bond acceptors (Lipinski definition) is 3. The van der Waals surface area contributed by atoms with E-state index in [1.165, 1.54) is 11.1 Å². The summed E-state index contributed by atoms with van der Waals surface area (Å²) in [6.07, 6.45) is 0. The molecular weight excluding hydrogens is 417 g/mol. The van der Waals surface area contributed by atoms with Crippen molar-refractivity contribution >= 4 is 29.6 Å². The Morgan fingerprint density at radius 1 is 0.559 bits per heavy atom.